The number of carbonyl (C=O) groups excluding carboxylic acids is 1. The molecule has 152 valence electrons. The van der Waals surface area contributed by atoms with Crippen LogP contribution in [0.3, 0.4) is 0 Å². The fraction of sp³-hybridized carbons (Fsp3) is 0.389. The van der Waals surface area contributed by atoms with Crippen LogP contribution < -0.4 is 10.2 Å². The van der Waals surface area contributed by atoms with E-state index in [1.807, 2.05) is 24.2 Å². The number of hydrogen-bond acceptors (Lipinski definition) is 6. The minimum atomic E-state index is -2.71. The summed E-state index contributed by atoms with van der Waals surface area (Å²) in [5.74, 6) is 0.146. The molecule has 0 bridgehead atoms. The van der Waals surface area contributed by atoms with Crippen LogP contribution in [0.25, 0.3) is 11.3 Å². The highest BCUT2D eigenvalue weighted by Crippen LogP contribution is 2.22. The maximum Gasteiger partial charge on any atom is 0.282 e. The van der Waals surface area contributed by atoms with Gasteiger partial charge in [-0.2, -0.15) is 10.2 Å². The molecule has 3 aromatic heterocycles. The lowest BCUT2D eigenvalue weighted by atomic mass is 10.2. The zero-order valence-electron chi connectivity index (χ0n) is 16.0. The number of carbonyl (C=O) groups is 1. The molecule has 1 amide bonds. The minimum Gasteiger partial charge on any atom is -0.346 e. The molecule has 1 unspecified atom stereocenters. The number of rotatable bonds is 5. The quantitative estimate of drug-likeness (QED) is 0.696. The van der Waals surface area contributed by atoms with Crippen LogP contribution in [0, 0.1) is 0 Å². The summed E-state index contributed by atoms with van der Waals surface area (Å²) in [5.41, 5.74) is 1.36. The molecule has 3 aromatic rings. The molecule has 0 radical (unpaired) electrons. The van der Waals surface area contributed by atoms with E-state index in [4.69, 9.17) is 0 Å². The molecule has 1 aliphatic rings. The lowest BCUT2D eigenvalue weighted by Gasteiger charge is -2.17. The second-order valence-electron chi connectivity index (χ2n) is 6.93. The number of alkyl halides is 2. The SMILES string of the molecule is Cn1cc(-c2ccnc(N3CCC(NC(=O)c4cc(C(F)F)nn4C)C3)n2)cn1. The van der Waals surface area contributed by atoms with Gasteiger partial charge in [0.2, 0.25) is 5.95 Å². The largest absolute Gasteiger partial charge is 0.346 e. The first kappa shape index (κ1) is 19.0. The monoisotopic (exact) mass is 402 g/mol. The summed E-state index contributed by atoms with van der Waals surface area (Å²) in [6, 6.07) is 2.80. The molecule has 4 heterocycles. The van der Waals surface area contributed by atoms with Gasteiger partial charge in [-0.3, -0.25) is 14.2 Å². The summed E-state index contributed by atoms with van der Waals surface area (Å²) in [7, 11) is 3.31. The van der Waals surface area contributed by atoms with Crippen molar-refractivity contribution >= 4 is 11.9 Å². The van der Waals surface area contributed by atoms with Crippen LogP contribution in [0.2, 0.25) is 0 Å². The number of nitrogens with zero attached hydrogens (tertiary/aromatic N) is 7. The number of hydrogen-bond donors (Lipinski definition) is 1. The summed E-state index contributed by atoms with van der Waals surface area (Å²) in [6.45, 7) is 1.21. The molecule has 1 aliphatic heterocycles. The molecule has 1 atom stereocenters. The molecular formula is C18H20F2N8O. The highest BCUT2D eigenvalue weighted by molar-refractivity contribution is 5.93. The van der Waals surface area contributed by atoms with Gasteiger partial charge in [-0.25, -0.2) is 18.7 Å². The first-order chi connectivity index (χ1) is 13.9. The van der Waals surface area contributed by atoms with E-state index >= 15 is 0 Å². The molecule has 1 N–H and O–H groups in total. The first-order valence-corrected chi connectivity index (χ1v) is 9.10. The lowest BCUT2D eigenvalue weighted by Crippen LogP contribution is -2.38. The summed E-state index contributed by atoms with van der Waals surface area (Å²) in [6.07, 6.45) is 3.29. The van der Waals surface area contributed by atoms with Crippen molar-refractivity contribution < 1.29 is 13.6 Å². The Morgan fingerprint density at radius 3 is 2.86 bits per heavy atom. The first-order valence-electron chi connectivity index (χ1n) is 9.10. The van der Waals surface area contributed by atoms with Gasteiger partial charge in [0.05, 0.1) is 11.9 Å². The van der Waals surface area contributed by atoms with Crippen LogP contribution in [0.1, 0.15) is 29.0 Å². The molecular weight excluding hydrogens is 382 g/mol. The fourth-order valence-corrected chi connectivity index (χ4v) is 3.34. The van der Waals surface area contributed by atoms with Gasteiger partial charge >= 0.3 is 0 Å². The Bertz CT molecular complexity index is 1030. The Labute approximate surface area is 165 Å². The smallest absolute Gasteiger partial charge is 0.282 e. The van der Waals surface area contributed by atoms with E-state index in [1.165, 1.54) is 11.7 Å². The van der Waals surface area contributed by atoms with Crippen molar-refractivity contribution in [3.8, 4) is 11.3 Å². The van der Waals surface area contributed by atoms with Crippen LogP contribution in [0.4, 0.5) is 14.7 Å². The number of anilines is 1. The van der Waals surface area contributed by atoms with Crippen molar-refractivity contribution in [2.24, 2.45) is 14.1 Å². The topological polar surface area (TPSA) is 93.8 Å². The predicted octanol–water partition coefficient (Wildman–Crippen LogP) is 1.56. The average Bonchev–Trinajstić information content (AvgIpc) is 3.42. The average molecular weight is 402 g/mol. The normalized spacial score (nSPS) is 16.6. The molecule has 0 saturated carbocycles. The highest BCUT2D eigenvalue weighted by atomic mass is 19.3. The molecule has 0 aliphatic carbocycles. The number of aromatic nitrogens is 6. The fourth-order valence-electron chi connectivity index (χ4n) is 3.34. The van der Waals surface area contributed by atoms with Crippen molar-refractivity contribution in [1.82, 2.24) is 34.8 Å². The summed E-state index contributed by atoms with van der Waals surface area (Å²) >= 11 is 0. The van der Waals surface area contributed by atoms with Gasteiger partial charge in [-0.1, -0.05) is 0 Å². The molecule has 0 aromatic carbocycles. The zero-order valence-corrected chi connectivity index (χ0v) is 16.0. The van der Waals surface area contributed by atoms with Crippen LogP contribution in [0.5, 0.6) is 0 Å². The van der Waals surface area contributed by atoms with E-state index in [9.17, 15) is 13.6 Å². The zero-order chi connectivity index (χ0) is 20.5. The van der Waals surface area contributed by atoms with E-state index in [0.29, 0.717) is 25.5 Å². The van der Waals surface area contributed by atoms with Gasteiger partial charge in [0, 0.05) is 51.2 Å². The Morgan fingerprint density at radius 2 is 2.17 bits per heavy atom. The van der Waals surface area contributed by atoms with Gasteiger partial charge in [-0.15, -0.1) is 0 Å². The number of halogens is 2. The second kappa shape index (κ2) is 7.57. The molecule has 9 nitrogen and oxygen atoms in total. The van der Waals surface area contributed by atoms with Crippen molar-refractivity contribution in [1.29, 1.82) is 0 Å². The molecule has 29 heavy (non-hydrogen) atoms. The van der Waals surface area contributed by atoms with Crippen LogP contribution in [0.15, 0.2) is 30.7 Å². The Morgan fingerprint density at radius 1 is 1.34 bits per heavy atom. The van der Waals surface area contributed by atoms with E-state index in [1.54, 1.807) is 17.1 Å². The van der Waals surface area contributed by atoms with Crippen molar-refractivity contribution in [3.63, 3.8) is 0 Å². The van der Waals surface area contributed by atoms with Crippen LogP contribution >= 0.6 is 0 Å². The molecule has 1 fully saturated rings. The van der Waals surface area contributed by atoms with Gasteiger partial charge in [0.25, 0.3) is 12.3 Å². The van der Waals surface area contributed by atoms with Crippen LogP contribution in [-0.2, 0) is 14.1 Å². The van der Waals surface area contributed by atoms with Crippen molar-refractivity contribution in [2.45, 2.75) is 18.9 Å². The Kier molecular flexibility index (Phi) is 4.95. The highest BCUT2D eigenvalue weighted by Gasteiger charge is 2.27. The van der Waals surface area contributed by atoms with Crippen molar-refractivity contribution in [3.05, 3.63) is 42.1 Å². The van der Waals surface area contributed by atoms with Crippen LogP contribution in [-0.4, -0.2) is 54.6 Å². The molecule has 11 heteroatoms. The molecule has 0 spiro atoms. The summed E-state index contributed by atoms with van der Waals surface area (Å²) in [4.78, 5) is 23.4. The third kappa shape index (κ3) is 3.93. The predicted molar refractivity (Wildman–Crippen MR) is 100 cm³/mol. The third-order valence-electron chi connectivity index (χ3n) is 4.80. The number of amides is 1. The Hall–Kier alpha value is -3.37. The second-order valence-corrected chi connectivity index (χ2v) is 6.93. The van der Waals surface area contributed by atoms with Crippen molar-refractivity contribution in [2.75, 3.05) is 18.0 Å². The summed E-state index contributed by atoms with van der Waals surface area (Å²) in [5, 5.41) is 10.7. The minimum absolute atomic E-state index is 0.105. The van der Waals surface area contributed by atoms with Gasteiger partial charge in [0.15, 0.2) is 0 Å². The third-order valence-corrected chi connectivity index (χ3v) is 4.80. The van der Waals surface area contributed by atoms with Gasteiger partial charge < -0.3 is 10.2 Å². The number of aryl methyl sites for hydroxylation is 2. The maximum atomic E-state index is 12.8. The van der Waals surface area contributed by atoms with E-state index in [2.05, 4.69) is 25.5 Å². The molecule has 1 saturated heterocycles. The summed E-state index contributed by atoms with van der Waals surface area (Å²) < 4.78 is 28.5. The van der Waals surface area contributed by atoms with Gasteiger partial charge in [0.1, 0.15) is 11.4 Å². The number of nitrogens with one attached hydrogen (secondary N) is 1. The van der Waals surface area contributed by atoms with E-state index in [0.717, 1.165) is 17.3 Å². The van der Waals surface area contributed by atoms with E-state index in [-0.39, 0.29) is 11.7 Å². The van der Waals surface area contributed by atoms with E-state index < -0.39 is 18.0 Å². The lowest BCUT2D eigenvalue weighted by molar-refractivity contribution is 0.0931. The standard InChI is InChI=1S/C18H20F2N8O/c1-26-9-11(8-22-26)13-3-5-21-18(24-13)28-6-4-12(10-28)23-17(29)15-7-14(16(19)20)25-27(15)2/h3,5,7-9,12,16H,4,6,10H2,1-2H3,(H,23,29). The Balaban J connectivity index is 1.42. The van der Waals surface area contributed by atoms with Gasteiger partial charge in [-0.05, 0) is 18.6 Å². The molecule has 4 rings (SSSR count). The maximum absolute atomic E-state index is 12.8.